The zero-order valence-electron chi connectivity index (χ0n) is 7.62. The molecule has 0 bridgehead atoms. The lowest BCUT2D eigenvalue weighted by Gasteiger charge is -2.03. The Kier molecular flexibility index (Phi) is 3.21. The van der Waals surface area contributed by atoms with Crippen LogP contribution in [0.15, 0.2) is 35.2 Å². The Labute approximate surface area is 103 Å². The van der Waals surface area contributed by atoms with Gasteiger partial charge in [0.1, 0.15) is 5.82 Å². The van der Waals surface area contributed by atoms with E-state index in [4.69, 9.17) is 0 Å². The lowest BCUT2D eigenvalue weighted by atomic mass is 10.3. The second kappa shape index (κ2) is 4.45. The van der Waals surface area contributed by atoms with Gasteiger partial charge in [0.05, 0.1) is 17.7 Å². The molecule has 0 saturated carbocycles. The maximum atomic E-state index is 13.5. The molecule has 15 heavy (non-hydrogen) atoms. The van der Waals surface area contributed by atoms with E-state index >= 15 is 0 Å². The highest BCUT2D eigenvalue weighted by Crippen LogP contribution is 2.19. The minimum Gasteiger partial charge on any atom is -0.303 e. The van der Waals surface area contributed by atoms with E-state index < -0.39 is 0 Å². The Hall–Kier alpha value is -0.680. The molecule has 0 atom stereocenters. The van der Waals surface area contributed by atoms with Crippen LogP contribution in [0.5, 0.6) is 0 Å². The largest absolute Gasteiger partial charge is 0.303 e. The van der Waals surface area contributed by atoms with Crippen LogP contribution >= 0.6 is 31.9 Å². The van der Waals surface area contributed by atoms with Crippen molar-refractivity contribution in [3.8, 4) is 5.69 Å². The number of imidazole rings is 1. The third-order valence-corrected chi connectivity index (χ3v) is 3.03. The second-order valence-electron chi connectivity index (χ2n) is 3.00. The number of alkyl halides is 1. The topological polar surface area (TPSA) is 17.8 Å². The quantitative estimate of drug-likeness (QED) is 0.767. The van der Waals surface area contributed by atoms with E-state index in [0.29, 0.717) is 11.0 Å². The lowest BCUT2D eigenvalue weighted by Crippen LogP contribution is -1.94. The van der Waals surface area contributed by atoms with Gasteiger partial charge >= 0.3 is 0 Å². The van der Waals surface area contributed by atoms with Crippen molar-refractivity contribution in [2.45, 2.75) is 5.33 Å². The minimum atomic E-state index is -0.267. The van der Waals surface area contributed by atoms with Crippen molar-refractivity contribution in [1.82, 2.24) is 9.55 Å². The molecular formula is C10H7Br2FN2. The fraction of sp³-hybridized carbons (Fsp3) is 0.100. The summed E-state index contributed by atoms with van der Waals surface area (Å²) in [6.07, 6.45) is 3.39. The fourth-order valence-electron chi connectivity index (χ4n) is 1.25. The molecule has 0 unspecified atom stereocenters. The van der Waals surface area contributed by atoms with Crippen molar-refractivity contribution in [3.63, 3.8) is 0 Å². The molecule has 0 spiro atoms. The van der Waals surface area contributed by atoms with E-state index in [2.05, 4.69) is 36.8 Å². The number of rotatable bonds is 2. The molecular weight excluding hydrogens is 327 g/mol. The molecule has 2 rings (SSSR count). The predicted molar refractivity (Wildman–Crippen MR) is 63.9 cm³/mol. The van der Waals surface area contributed by atoms with Crippen LogP contribution in [-0.4, -0.2) is 9.55 Å². The normalized spacial score (nSPS) is 10.6. The highest BCUT2D eigenvalue weighted by Gasteiger charge is 2.06. The molecule has 0 amide bonds. The van der Waals surface area contributed by atoms with Gasteiger partial charge in [-0.05, 0) is 18.2 Å². The van der Waals surface area contributed by atoms with E-state index in [9.17, 15) is 4.39 Å². The highest BCUT2D eigenvalue weighted by atomic mass is 79.9. The maximum Gasteiger partial charge on any atom is 0.147 e. The van der Waals surface area contributed by atoms with Crippen LogP contribution in [-0.2, 0) is 5.33 Å². The third kappa shape index (κ3) is 2.29. The van der Waals surface area contributed by atoms with Gasteiger partial charge in [0, 0.05) is 16.0 Å². The first-order valence-corrected chi connectivity index (χ1v) is 6.16. The molecule has 0 aliphatic heterocycles. The summed E-state index contributed by atoms with van der Waals surface area (Å²) >= 11 is 6.61. The molecule has 0 aliphatic carbocycles. The monoisotopic (exact) mass is 332 g/mol. The summed E-state index contributed by atoms with van der Waals surface area (Å²) in [7, 11) is 0. The smallest absolute Gasteiger partial charge is 0.147 e. The average Bonchev–Trinajstić information content (AvgIpc) is 2.70. The van der Waals surface area contributed by atoms with Crippen molar-refractivity contribution in [2.75, 3.05) is 0 Å². The van der Waals surface area contributed by atoms with Gasteiger partial charge in [0.15, 0.2) is 0 Å². The molecule has 2 nitrogen and oxygen atoms in total. The first kappa shape index (κ1) is 10.8. The van der Waals surface area contributed by atoms with Crippen molar-refractivity contribution in [2.24, 2.45) is 0 Å². The summed E-state index contributed by atoms with van der Waals surface area (Å²) in [4.78, 5) is 4.12. The van der Waals surface area contributed by atoms with Crippen LogP contribution in [0.25, 0.3) is 5.69 Å². The molecule has 0 aliphatic rings. The molecule has 2 aromatic rings. The van der Waals surface area contributed by atoms with E-state index in [1.165, 1.54) is 6.07 Å². The maximum absolute atomic E-state index is 13.5. The molecule has 1 aromatic carbocycles. The van der Waals surface area contributed by atoms with Crippen LogP contribution in [0.2, 0.25) is 0 Å². The summed E-state index contributed by atoms with van der Waals surface area (Å²) in [6.45, 7) is 0. The summed E-state index contributed by atoms with van der Waals surface area (Å²) in [5.74, 6) is -0.267. The van der Waals surface area contributed by atoms with Crippen LogP contribution in [0.4, 0.5) is 4.39 Å². The van der Waals surface area contributed by atoms with Crippen LogP contribution in [0, 0.1) is 5.82 Å². The van der Waals surface area contributed by atoms with Crippen molar-refractivity contribution < 1.29 is 4.39 Å². The summed E-state index contributed by atoms with van der Waals surface area (Å²) in [5.41, 5.74) is 1.36. The number of benzene rings is 1. The SMILES string of the molecule is Fc1ccc(Br)cc1-n1cnc(CBr)c1. The Morgan fingerprint density at radius 1 is 1.40 bits per heavy atom. The number of hydrogen-bond acceptors (Lipinski definition) is 1. The number of aromatic nitrogens is 2. The molecule has 1 heterocycles. The Morgan fingerprint density at radius 3 is 2.87 bits per heavy atom. The van der Waals surface area contributed by atoms with E-state index in [1.807, 2.05) is 0 Å². The molecule has 78 valence electrons. The van der Waals surface area contributed by atoms with Gasteiger partial charge in [-0.3, -0.25) is 0 Å². The van der Waals surface area contributed by atoms with Crippen molar-refractivity contribution in [1.29, 1.82) is 0 Å². The van der Waals surface area contributed by atoms with Gasteiger partial charge in [0.2, 0.25) is 0 Å². The fourth-order valence-corrected chi connectivity index (χ4v) is 1.89. The molecule has 0 N–H and O–H groups in total. The number of nitrogens with zero attached hydrogens (tertiary/aromatic N) is 2. The average molecular weight is 334 g/mol. The molecule has 0 fully saturated rings. The van der Waals surface area contributed by atoms with Gasteiger partial charge in [-0.1, -0.05) is 31.9 Å². The minimum absolute atomic E-state index is 0.267. The molecule has 5 heteroatoms. The van der Waals surface area contributed by atoms with Crippen LogP contribution in [0.1, 0.15) is 5.69 Å². The van der Waals surface area contributed by atoms with Gasteiger partial charge < -0.3 is 4.57 Å². The summed E-state index contributed by atoms with van der Waals surface area (Å²) < 4.78 is 16.0. The van der Waals surface area contributed by atoms with E-state index in [1.54, 1.807) is 29.2 Å². The highest BCUT2D eigenvalue weighted by molar-refractivity contribution is 9.10. The summed E-state index contributed by atoms with van der Waals surface area (Å²) in [5, 5.41) is 0.662. The first-order valence-electron chi connectivity index (χ1n) is 4.25. The Bertz CT molecular complexity index is 482. The van der Waals surface area contributed by atoms with E-state index in [0.717, 1.165) is 10.2 Å². The standard InChI is InChI=1S/C10H7Br2FN2/c11-4-8-5-15(6-14-8)10-3-7(12)1-2-9(10)13/h1-3,5-6H,4H2. The van der Waals surface area contributed by atoms with Crippen molar-refractivity contribution >= 4 is 31.9 Å². The Morgan fingerprint density at radius 2 is 2.20 bits per heavy atom. The second-order valence-corrected chi connectivity index (χ2v) is 4.48. The van der Waals surface area contributed by atoms with Gasteiger partial charge in [-0.15, -0.1) is 0 Å². The summed E-state index contributed by atoms with van der Waals surface area (Å²) in [6, 6.07) is 4.81. The predicted octanol–water partition coefficient (Wildman–Crippen LogP) is 3.67. The molecule has 1 aromatic heterocycles. The van der Waals surface area contributed by atoms with Gasteiger partial charge in [-0.2, -0.15) is 0 Å². The van der Waals surface area contributed by atoms with E-state index in [-0.39, 0.29) is 5.82 Å². The lowest BCUT2D eigenvalue weighted by molar-refractivity contribution is 0.617. The number of hydrogen-bond donors (Lipinski definition) is 0. The van der Waals surface area contributed by atoms with Gasteiger partial charge in [0.25, 0.3) is 0 Å². The van der Waals surface area contributed by atoms with Crippen LogP contribution < -0.4 is 0 Å². The number of halogens is 3. The first-order chi connectivity index (χ1) is 7.20. The molecule has 0 saturated heterocycles. The third-order valence-electron chi connectivity index (χ3n) is 1.96. The van der Waals surface area contributed by atoms with Gasteiger partial charge in [-0.25, -0.2) is 9.37 Å². The van der Waals surface area contributed by atoms with Crippen LogP contribution in [0.3, 0.4) is 0 Å². The Balaban J connectivity index is 2.48. The zero-order valence-corrected chi connectivity index (χ0v) is 10.8. The zero-order chi connectivity index (χ0) is 10.8. The van der Waals surface area contributed by atoms with Crippen molar-refractivity contribution in [3.05, 3.63) is 46.7 Å². The molecule has 0 radical (unpaired) electrons.